The third-order valence-electron chi connectivity index (χ3n) is 5.95. The molecular weight excluding hydrogens is 468 g/mol. The molecule has 0 saturated heterocycles. The Balaban J connectivity index is 1.87. The highest BCUT2D eigenvalue weighted by Crippen LogP contribution is 2.32. The number of anilines is 1. The number of aryl methyl sites for hydroxylation is 1. The number of hydrogen-bond donors (Lipinski definition) is 0. The molecule has 0 radical (unpaired) electrons. The lowest BCUT2D eigenvalue weighted by Gasteiger charge is -2.31. The minimum atomic E-state index is -2.61. The van der Waals surface area contributed by atoms with E-state index in [0.29, 0.717) is 18.5 Å². The van der Waals surface area contributed by atoms with Crippen LogP contribution in [0, 0.1) is 17.0 Å². The molecule has 3 aromatic rings. The Kier molecular flexibility index (Phi) is 9.11. The number of nitrogens with zero attached hydrogens (tertiary/aromatic N) is 2. The Labute approximate surface area is 207 Å². The van der Waals surface area contributed by atoms with Crippen LogP contribution in [-0.2, 0) is 20.8 Å². The number of carbonyl (C=O) groups is 1. The van der Waals surface area contributed by atoms with Gasteiger partial charge in [-0.25, -0.2) is 0 Å². The van der Waals surface area contributed by atoms with Crippen molar-refractivity contribution in [2.75, 3.05) is 18.0 Å². The molecule has 35 heavy (non-hydrogen) atoms. The van der Waals surface area contributed by atoms with E-state index in [-0.39, 0.29) is 24.1 Å². The summed E-state index contributed by atoms with van der Waals surface area (Å²) in [6.07, 6.45) is 0.966. The summed E-state index contributed by atoms with van der Waals surface area (Å²) in [6, 6.07) is 22.6. The van der Waals surface area contributed by atoms with Crippen molar-refractivity contribution in [2.45, 2.75) is 31.6 Å². The lowest BCUT2D eigenvalue weighted by Crippen LogP contribution is -2.31. The van der Waals surface area contributed by atoms with Gasteiger partial charge in [-0.3, -0.25) is 19.1 Å². The zero-order valence-electron chi connectivity index (χ0n) is 19.5. The molecule has 0 fully saturated rings. The average Bonchev–Trinajstić information content (AvgIpc) is 2.87. The molecule has 3 aromatic carbocycles. The molecule has 3 rings (SSSR count). The molecule has 3 atom stereocenters. The molecule has 0 N–H and O–H groups in total. The largest absolute Gasteiger partial charge is 0.755 e. The number of ether oxygens (including phenoxy) is 1. The van der Waals surface area contributed by atoms with Crippen LogP contribution in [0.1, 0.15) is 41.4 Å². The van der Waals surface area contributed by atoms with E-state index in [4.69, 9.17) is 4.74 Å². The second-order valence-corrected chi connectivity index (χ2v) is 9.10. The van der Waals surface area contributed by atoms with Gasteiger partial charge in [0.15, 0.2) is 0 Å². The molecule has 0 aliphatic heterocycles. The van der Waals surface area contributed by atoms with Crippen LogP contribution in [0.25, 0.3) is 0 Å². The fraction of sp³-hybridized carbons (Fsp3) is 0.269. The van der Waals surface area contributed by atoms with Crippen LogP contribution in [0.2, 0.25) is 0 Å². The number of benzene rings is 3. The third-order valence-corrected chi connectivity index (χ3v) is 6.67. The van der Waals surface area contributed by atoms with Crippen molar-refractivity contribution in [1.82, 2.24) is 0 Å². The van der Waals surface area contributed by atoms with Crippen molar-refractivity contribution in [1.29, 1.82) is 0 Å². The van der Waals surface area contributed by atoms with Gasteiger partial charge in [-0.05, 0) is 43.0 Å². The van der Waals surface area contributed by atoms with E-state index in [9.17, 15) is 23.7 Å². The molecule has 3 unspecified atom stereocenters. The molecule has 8 nitrogen and oxygen atoms in total. The van der Waals surface area contributed by atoms with Gasteiger partial charge >= 0.3 is 5.97 Å². The van der Waals surface area contributed by atoms with Crippen LogP contribution in [0.3, 0.4) is 0 Å². The normalized spacial score (nSPS) is 13.5. The molecule has 0 aromatic heterocycles. The van der Waals surface area contributed by atoms with Gasteiger partial charge in [-0.1, -0.05) is 60.2 Å². The maximum atomic E-state index is 12.6. The fourth-order valence-corrected chi connectivity index (χ4v) is 4.61. The average molecular weight is 496 g/mol. The summed E-state index contributed by atoms with van der Waals surface area (Å²) in [4.78, 5) is 23.0. The lowest BCUT2D eigenvalue weighted by atomic mass is 9.87. The highest BCUT2D eigenvalue weighted by molar-refractivity contribution is 7.80. The highest BCUT2D eigenvalue weighted by Gasteiger charge is 2.25. The second-order valence-electron chi connectivity index (χ2n) is 8.22. The van der Waals surface area contributed by atoms with Crippen molar-refractivity contribution in [3.8, 4) is 0 Å². The molecule has 0 spiro atoms. The molecule has 0 aliphatic carbocycles. The molecule has 184 valence electrons. The molecular formula is C26H27N2O6S-. The van der Waals surface area contributed by atoms with Crippen molar-refractivity contribution in [3.05, 3.63) is 106 Å². The summed E-state index contributed by atoms with van der Waals surface area (Å²) in [7, 11) is 1.36. The van der Waals surface area contributed by atoms with Gasteiger partial charge in [0.05, 0.1) is 18.0 Å². The molecule has 9 heteroatoms. The summed E-state index contributed by atoms with van der Waals surface area (Å²) in [6.45, 7) is 2.08. The monoisotopic (exact) mass is 495 g/mol. The Hall–Kier alpha value is -3.56. The zero-order chi connectivity index (χ0) is 25.4. The first-order valence-electron chi connectivity index (χ1n) is 11.1. The zero-order valence-corrected chi connectivity index (χ0v) is 20.4. The van der Waals surface area contributed by atoms with Gasteiger partial charge in [0.2, 0.25) is 0 Å². The van der Waals surface area contributed by atoms with Crippen LogP contribution >= 0.6 is 0 Å². The van der Waals surface area contributed by atoms with Crippen LogP contribution in [-0.4, -0.2) is 33.3 Å². The predicted molar refractivity (Wildman–Crippen MR) is 134 cm³/mol. The minimum absolute atomic E-state index is 0.111. The number of rotatable bonds is 11. The first-order chi connectivity index (χ1) is 16.8. The van der Waals surface area contributed by atoms with Gasteiger partial charge in [0.1, 0.15) is 0 Å². The number of non-ortho nitro benzene ring substituents is 1. The van der Waals surface area contributed by atoms with E-state index in [1.54, 1.807) is 0 Å². The smallest absolute Gasteiger partial charge is 0.313 e. The summed E-state index contributed by atoms with van der Waals surface area (Å²) in [5.74, 6) is -1.07. The van der Waals surface area contributed by atoms with Crippen molar-refractivity contribution < 1.29 is 23.2 Å². The van der Waals surface area contributed by atoms with Crippen LogP contribution < -0.4 is 4.31 Å². The number of carbonyl (C=O) groups excluding carboxylic acids is 1. The van der Waals surface area contributed by atoms with Gasteiger partial charge in [0, 0.05) is 41.5 Å². The van der Waals surface area contributed by atoms with Gasteiger partial charge in [-0.15, -0.1) is 0 Å². The van der Waals surface area contributed by atoms with Crippen molar-refractivity contribution >= 4 is 28.6 Å². The van der Waals surface area contributed by atoms with Crippen molar-refractivity contribution in [3.63, 3.8) is 0 Å². The Morgan fingerprint density at radius 1 is 0.971 bits per heavy atom. The fourth-order valence-electron chi connectivity index (χ4n) is 4.01. The molecule has 0 heterocycles. The number of hydrogen-bond acceptors (Lipinski definition) is 6. The van der Waals surface area contributed by atoms with Gasteiger partial charge in [0.25, 0.3) is 5.69 Å². The van der Waals surface area contributed by atoms with Crippen LogP contribution in [0.5, 0.6) is 0 Å². The maximum absolute atomic E-state index is 12.6. The summed E-state index contributed by atoms with van der Waals surface area (Å²) >= 11 is -2.61. The molecule has 0 amide bonds. The molecule has 0 aliphatic rings. The minimum Gasteiger partial charge on any atom is -0.755 e. The van der Waals surface area contributed by atoms with Crippen LogP contribution in [0.4, 0.5) is 11.4 Å². The standard InChI is InChI=1S/C26H28N2O6S/c1-19-8-10-21(11-9-19)25(26(29)34-2)17-12-22(20-6-4-3-5-7-20)18-27(35(32)33)23-13-15-24(16-14-23)28(30)31/h3-11,13-16,22,25H,12,17-18H2,1-2H3,(H,32,33)/p-1. The first-order valence-corrected chi connectivity index (χ1v) is 12.1. The SMILES string of the molecule is COC(=O)C(CCC(CN(c1ccc([N+](=O)[O-])cc1)S(=O)[O-])c1ccccc1)c1ccc(C)cc1. The van der Waals surface area contributed by atoms with E-state index in [1.165, 1.54) is 35.7 Å². The van der Waals surface area contributed by atoms with Crippen molar-refractivity contribution in [2.24, 2.45) is 0 Å². The van der Waals surface area contributed by atoms with Gasteiger partial charge < -0.3 is 13.6 Å². The quantitative estimate of drug-likeness (QED) is 0.160. The molecule has 0 bridgehead atoms. The lowest BCUT2D eigenvalue weighted by molar-refractivity contribution is -0.384. The van der Waals surface area contributed by atoms with Crippen LogP contribution in [0.15, 0.2) is 78.9 Å². The second kappa shape index (κ2) is 12.2. The number of methoxy groups -OCH3 is 1. The summed E-state index contributed by atoms with van der Waals surface area (Å²) in [5, 5.41) is 11.0. The summed E-state index contributed by atoms with van der Waals surface area (Å²) < 4.78 is 30.5. The number of nitro groups is 1. The Morgan fingerprint density at radius 3 is 2.14 bits per heavy atom. The molecule has 0 saturated carbocycles. The Morgan fingerprint density at radius 2 is 1.60 bits per heavy atom. The van der Waals surface area contributed by atoms with E-state index in [2.05, 4.69) is 0 Å². The Bertz CT molecular complexity index is 1150. The summed E-state index contributed by atoms with van der Waals surface area (Å²) in [5.41, 5.74) is 3.05. The van der Waals surface area contributed by atoms with E-state index in [1.807, 2.05) is 61.5 Å². The first kappa shape index (κ1) is 26.1. The highest BCUT2D eigenvalue weighted by atomic mass is 32.2. The van der Waals surface area contributed by atoms with E-state index >= 15 is 0 Å². The maximum Gasteiger partial charge on any atom is 0.313 e. The van der Waals surface area contributed by atoms with Gasteiger partial charge in [-0.2, -0.15) is 0 Å². The topological polar surface area (TPSA) is 113 Å². The van der Waals surface area contributed by atoms with E-state index < -0.39 is 22.1 Å². The predicted octanol–water partition coefficient (Wildman–Crippen LogP) is 5.02. The number of esters is 1. The van der Waals surface area contributed by atoms with E-state index in [0.717, 1.165) is 16.7 Å². The third kappa shape index (κ3) is 6.97. The number of nitro benzene ring substituents is 1.